The smallest absolute Gasteiger partial charge is 0.193 e. The van der Waals surface area contributed by atoms with Crippen LogP contribution in [-0.2, 0) is 10.8 Å². The highest BCUT2D eigenvalue weighted by molar-refractivity contribution is 7.99. The maximum atomic E-state index is 6.51. The fourth-order valence-electron chi connectivity index (χ4n) is 1.90. The predicted octanol–water partition coefficient (Wildman–Crippen LogP) is 5.28. The normalized spacial score (nSPS) is 13.0. The molecule has 0 spiro atoms. The van der Waals surface area contributed by atoms with Crippen LogP contribution in [0.3, 0.4) is 0 Å². The Balaban J connectivity index is 2.73. The first-order valence-corrected chi connectivity index (χ1v) is 12.4. The van der Waals surface area contributed by atoms with E-state index in [0.717, 1.165) is 30.1 Å². The summed E-state index contributed by atoms with van der Waals surface area (Å²) in [5.74, 6) is 12.6. The van der Waals surface area contributed by atoms with Gasteiger partial charge in [0.25, 0.3) is 0 Å². The molecule has 0 radical (unpaired) electrons. The zero-order valence-electron chi connectivity index (χ0n) is 15.9. The highest BCUT2D eigenvalue weighted by Crippen LogP contribution is 2.37. The standard InChI is InChI=1S/C20H30O2SSi/c1-8-15-23-16-9-10-19(22-24(6,7)20(3,4)5)14-13-18-12-11-17(2)21-18/h1,11-12,19H,13-16H2,2-7H3. The molecule has 1 rings (SSSR count). The molecule has 0 saturated heterocycles. The second-order valence-corrected chi connectivity index (χ2v) is 13.2. The summed E-state index contributed by atoms with van der Waals surface area (Å²) in [5.41, 5.74) is 0. The van der Waals surface area contributed by atoms with E-state index in [-0.39, 0.29) is 11.1 Å². The summed E-state index contributed by atoms with van der Waals surface area (Å²) in [4.78, 5) is 0. The van der Waals surface area contributed by atoms with Crippen LogP contribution in [0.4, 0.5) is 0 Å². The fraction of sp³-hybridized carbons (Fsp3) is 0.600. The van der Waals surface area contributed by atoms with Gasteiger partial charge in [-0.05, 0) is 43.6 Å². The van der Waals surface area contributed by atoms with E-state index >= 15 is 0 Å². The molecule has 1 heterocycles. The molecule has 0 saturated carbocycles. The van der Waals surface area contributed by atoms with Crippen LogP contribution in [0, 0.1) is 31.1 Å². The minimum atomic E-state index is -1.85. The summed E-state index contributed by atoms with van der Waals surface area (Å²) in [6, 6.07) is 4.04. The Bertz CT molecular complexity index is 608. The van der Waals surface area contributed by atoms with Gasteiger partial charge >= 0.3 is 0 Å². The quantitative estimate of drug-likeness (QED) is 0.374. The van der Waals surface area contributed by atoms with Crippen LogP contribution >= 0.6 is 11.8 Å². The van der Waals surface area contributed by atoms with Crippen molar-refractivity contribution >= 4 is 20.1 Å². The van der Waals surface area contributed by atoms with Gasteiger partial charge < -0.3 is 8.84 Å². The number of thioether (sulfide) groups is 1. The number of furan rings is 1. The van der Waals surface area contributed by atoms with Crippen molar-refractivity contribution < 1.29 is 8.84 Å². The predicted molar refractivity (Wildman–Crippen MR) is 108 cm³/mol. The topological polar surface area (TPSA) is 22.4 Å². The molecule has 0 aromatic carbocycles. The first-order chi connectivity index (χ1) is 11.2. The zero-order chi connectivity index (χ0) is 18.2. The summed E-state index contributed by atoms with van der Waals surface area (Å²) >= 11 is 1.66. The molecule has 0 aliphatic heterocycles. The third kappa shape index (κ3) is 7.22. The molecule has 1 atom stereocenters. The molecule has 0 amide bonds. The highest BCUT2D eigenvalue weighted by Gasteiger charge is 2.38. The number of aryl methyl sites for hydroxylation is 2. The number of hydrogen-bond donors (Lipinski definition) is 0. The lowest BCUT2D eigenvalue weighted by atomic mass is 10.2. The van der Waals surface area contributed by atoms with Crippen molar-refractivity contribution in [3.8, 4) is 24.2 Å². The Labute approximate surface area is 153 Å². The van der Waals surface area contributed by atoms with Crippen molar-refractivity contribution in [3.05, 3.63) is 23.7 Å². The molecule has 1 aromatic heterocycles. The lowest BCUT2D eigenvalue weighted by Gasteiger charge is -2.38. The van der Waals surface area contributed by atoms with E-state index in [2.05, 4.69) is 51.6 Å². The van der Waals surface area contributed by atoms with Gasteiger partial charge in [-0.25, -0.2) is 0 Å². The van der Waals surface area contributed by atoms with Crippen molar-refractivity contribution in [2.24, 2.45) is 0 Å². The van der Waals surface area contributed by atoms with Crippen molar-refractivity contribution in [1.82, 2.24) is 0 Å². The second-order valence-electron chi connectivity index (χ2n) is 7.44. The van der Waals surface area contributed by atoms with Crippen molar-refractivity contribution in [1.29, 1.82) is 0 Å². The van der Waals surface area contributed by atoms with Gasteiger partial charge in [-0.3, -0.25) is 0 Å². The first kappa shape index (κ1) is 21.0. The average Bonchev–Trinajstić information content (AvgIpc) is 2.88. The number of rotatable bonds is 7. The van der Waals surface area contributed by atoms with E-state index < -0.39 is 8.32 Å². The second kappa shape index (κ2) is 9.42. The van der Waals surface area contributed by atoms with Gasteiger partial charge in [-0.15, -0.1) is 18.2 Å². The third-order valence-electron chi connectivity index (χ3n) is 4.31. The molecule has 4 heteroatoms. The third-order valence-corrected chi connectivity index (χ3v) is 9.52. The van der Waals surface area contributed by atoms with Crippen LogP contribution in [0.5, 0.6) is 0 Å². The summed E-state index contributed by atoms with van der Waals surface area (Å²) in [6.45, 7) is 13.3. The molecule has 0 fully saturated rings. The van der Waals surface area contributed by atoms with Gasteiger partial charge in [0.15, 0.2) is 8.32 Å². The summed E-state index contributed by atoms with van der Waals surface area (Å²) in [6.07, 6.45) is 6.91. The van der Waals surface area contributed by atoms with Crippen LogP contribution < -0.4 is 0 Å². The minimum Gasteiger partial charge on any atom is -0.466 e. The van der Waals surface area contributed by atoms with Crippen molar-refractivity contribution in [2.45, 2.75) is 64.8 Å². The summed E-state index contributed by atoms with van der Waals surface area (Å²) < 4.78 is 12.2. The SMILES string of the molecule is C#CCSCC#CC(CCc1ccc(C)o1)O[Si](C)(C)C(C)(C)C. The van der Waals surface area contributed by atoms with Gasteiger partial charge in [0.2, 0.25) is 0 Å². The van der Waals surface area contributed by atoms with Gasteiger partial charge in [0, 0.05) is 6.42 Å². The fourth-order valence-corrected chi connectivity index (χ4v) is 3.55. The van der Waals surface area contributed by atoms with Gasteiger partial charge in [0.1, 0.15) is 17.6 Å². The number of terminal acetylenes is 1. The average molecular weight is 363 g/mol. The Morgan fingerprint density at radius 3 is 2.54 bits per heavy atom. The maximum Gasteiger partial charge on any atom is 0.193 e. The Kier molecular flexibility index (Phi) is 8.23. The van der Waals surface area contributed by atoms with E-state index in [1.807, 2.05) is 19.1 Å². The molecule has 0 bridgehead atoms. The van der Waals surface area contributed by atoms with Crippen LogP contribution in [0.1, 0.15) is 38.7 Å². The van der Waals surface area contributed by atoms with E-state index in [9.17, 15) is 0 Å². The minimum absolute atomic E-state index is 0.0530. The van der Waals surface area contributed by atoms with Crippen molar-refractivity contribution in [3.63, 3.8) is 0 Å². The van der Waals surface area contributed by atoms with E-state index in [4.69, 9.17) is 15.3 Å². The molecule has 132 valence electrons. The summed E-state index contributed by atoms with van der Waals surface area (Å²) in [7, 11) is -1.85. The lowest BCUT2D eigenvalue weighted by Crippen LogP contribution is -2.43. The highest BCUT2D eigenvalue weighted by atomic mass is 32.2. The molecule has 0 N–H and O–H groups in total. The van der Waals surface area contributed by atoms with Crippen LogP contribution in [0.15, 0.2) is 16.5 Å². The molecule has 0 aliphatic rings. The van der Waals surface area contributed by atoms with Gasteiger partial charge in [-0.1, -0.05) is 38.5 Å². The van der Waals surface area contributed by atoms with Gasteiger partial charge in [0.05, 0.1) is 11.5 Å². The Morgan fingerprint density at radius 1 is 1.29 bits per heavy atom. The zero-order valence-corrected chi connectivity index (χ0v) is 17.7. The molecule has 0 aliphatic carbocycles. The van der Waals surface area contributed by atoms with Gasteiger partial charge in [-0.2, -0.15) is 0 Å². The molecular formula is C20H30O2SSi. The van der Waals surface area contributed by atoms with E-state index in [1.165, 1.54) is 0 Å². The Morgan fingerprint density at radius 2 is 2.00 bits per heavy atom. The van der Waals surface area contributed by atoms with Crippen molar-refractivity contribution in [2.75, 3.05) is 11.5 Å². The Hall–Kier alpha value is -1.07. The van der Waals surface area contributed by atoms with E-state index in [1.54, 1.807) is 11.8 Å². The maximum absolute atomic E-state index is 6.51. The summed E-state index contributed by atoms with van der Waals surface area (Å²) in [5, 5.41) is 0.173. The first-order valence-electron chi connectivity index (χ1n) is 8.38. The number of hydrogen-bond acceptors (Lipinski definition) is 3. The largest absolute Gasteiger partial charge is 0.466 e. The van der Waals surface area contributed by atoms with Crippen LogP contribution in [0.25, 0.3) is 0 Å². The molecule has 1 unspecified atom stereocenters. The molecule has 24 heavy (non-hydrogen) atoms. The molecule has 2 nitrogen and oxygen atoms in total. The molecular weight excluding hydrogens is 332 g/mol. The van der Waals surface area contributed by atoms with Crippen LogP contribution in [-0.4, -0.2) is 25.9 Å². The van der Waals surface area contributed by atoms with E-state index in [0.29, 0.717) is 5.75 Å². The van der Waals surface area contributed by atoms with Crippen LogP contribution in [0.2, 0.25) is 18.1 Å². The lowest BCUT2D eigenvalue weighted by molar-refractivity contribution is 0.221. The molecule has 1 aromatic rings. The monoisotopic (exact) mass is 362 g/mol.